The highest BCUT2D eigenvalue weighted by Crippen LogP contribution is 2.34. The van der Waals surface area contributed by atoms with Crippen molar-refractivity contribution in [1.29, 1.82) is 0 Å². The van der Waals surface area contributed by atoms with E-state index in [1.807, 2.05) is 0 Å². The van der Waals surface area contributed by atoms with Gasteiger partial charge in [0, 0.05) is 108 Å². The second kappa shape index (κ2) is 35.6. The van der Waals surface area contributed by atoms with Crippen molar-refractivity contribution in [2.24, 2.45) is 11.7 Å². The molecule has 9 rings (SSSR count). The number of benzene rings is 5. The maximum Gasteiger partial charge on any atom is 0.247 e. The van der Waals surface area contributed by atoms with E-state index in [-0.39, 0.29) is 50.0 Å². The molecule has 2 aromatic heterocycles. The summed E-state index contributed by atoms with van der Waals surface area (Å²) in [6.07, 6.45) is 1.64. The fourth-order valence-corrected chi connectivity index (χ4v) is 13.0. The number of aryl methyl sites for hydroxylation is 1. The van der Waals surface area contributed by atoms with Crippen LogP contribution in [0.2, 0.25) is 0 Å². The van der Waals surface area contributed by atoms with Crippen molar-refractivity contribution in [2.75, 3.05) is 47.9 Å². The SMILES string of the molecule is CC(=O)N[C@H]1CCC(=O)NC[C@@H](C(=O)N(C)[C@@H](Cc2ccc(F)cc2)C(N)=O)N(C)C(=O)[C@H](C2CC2)NC(=O)[C@H](Cc2c[nH]c3ccccc23)NC(=O)[C@H](Cc2c[nH]c3ccc(O)cc23)NC(=O)[C@H](CO)N(C)C(=O)[C@H](CCc2ccccc2)N(C)C(=O)[C@H](CO)NC(=O)[C@H](Cc2ccc(O)cc2)NC1=O. The number of phenolic OH excluding ortho intramolecular Hbond substituents is 2. The lowest BCUT2D eigenvalue weighted by Crippen LogP contribution is -2.63. The highest BCUT2D eigenvalue weighted by molar-refractivity contribution is 6.00. The highest BCUT2D eigenvalue weighted by atomic mass is 19.1. The number of H-pyrrole nitrogens is 2. The molecular weight excluding hydrogens is 1370 g/mol. The van der Waals surface area contributed by atoms with E-state index in [1.165, 1.54) is 82.9 Å². The standard InChI is InChI=1S/C75H89FN14O16/c1-41(93)81-55-28-30-64(96)80-38-62(74(105)88(3)61(66(77)97)32-44-15-22-48(76)23-16-44)89(4)75(106)65(45-20-21-45)86-70(101)58(33-46-36-78-53-14-10-9-13-51(46)53)83-69(100)57(34-47-37-79-54-27-26-50(95)35-52(47)54)84-71(102)63(40-92)90(5)73(104)60(29-19-42-11-7-6-8-12-42)87(2)72(103)59(39-91)85-68(99)56(82-67(55)98)31-43-17-24-49(94)25-18-43/h6-18,22-27,35-37,45,55-63,65,78-79,91-92,94-95H,19-21,28-34,38-40H2,1-5H3,(H2,77,97)(H,80,96)(H,81,93)(H,82,98)(H,83,100)(H,84,102)(H,85,99)(H,86,101)/t55-,56-,57-,58-,59-,60-,61-,62-,63-,65-/m0/s1. The summed E-state index contributed by atoms with van der Waals surface area (Å²) in [6.45, 7) is -1.77. The summed E-state index contributed by atoms with van der Waals surface area (Å²) < 4.78 is 14.1. The van der Waals surface area contributed by atoms with E-state index in [0.717, 1.165) is 38.7 Å². The van der Waals surface area contributed by atoms with Gasteiger partial charge >= 0.3 is 0 Å². The van der Waals surface area contributed by atoms with Gasteiger partial charge in [0.2, 0.25) is 70.9 Å². The van der Waals surface area contributed by atoms with Gasteiger partial charge in [0.05, 0.1) is 13.2 Å². The second-order valence-corrected chi connectivity index (χ2v) is 26.8. The first kappa shape index (κ1) is 78.4. The minimum absolute atomic E-state index is 0.131. The zero-order chi connectivity index (χ0) is 76.6. The molecule has 0 bridgehead atoms. The topological polar surface area (TPSA) is 441 Å². The van der Waals surface area contributed by atoms with Crippen LogP contribution in [0.3, 0.4) is 0 Å². The van der Waals surface area contributed by atoms with E-state index in [1.54, 1.807) is 66.9 Å². The number of nitrogens with zero attached hydrogens (tertiary/aromatic N) is 4. The van der Waals surface area contributed by atoms with Crippen molar-refractivity contribution >= 4 is 92.7 Å². The van der Waals surface area contributed by atoms with Crippen LogP contribution < -0.4 is 43.0 Å². The third kappa shape index (κ3) is 20.0. The molecule has 106 heavy (non-hydrogen) atoms. The van der Waals surface area contributed by atoms with Crippen LogP contribution in [0.15, 0.2) is 134 Å². The Morgan fingerprint density at radius 2 is 1.14 bits per heavy atom. The van der Waals surface area contributed by atoms with Crippen LogP contribution in [0, 0.1) is 11.7 Å². The number of hydrogen-bond donors (Lipinski definition) is 14. The Kier molecular flexibility index (Phi) is 26.4. The molecule has 15 N–H and O–H groups in total. The van der Waals surface area contributed by atoms with Gasteiger partial charge in [-0.25, -0.2) is 4.39 Å². The van der Waals surface area contributed by atoms with Crippen LogP contribution in [0.1, 0.15) is 66.8 Å². The molecule has 30 nitrogen and oxygen atoms in total. The number of aromatic nitrogens is 2. The van der Waals surface area contributed by atoms with Gasteiger partial charge in [0.25, 0.3) is 0 Å². The number of aromatic amines is 2. The van der Waals surface area contributed by atoms with Gasteiger partial charge in [-0.1, -0.05) is 72.8 Å². The summed E-state index contributed by atoms with van der Waals surface area (Å²) in [5.74, 6) is -13.0. The maximum atomic E-state index is 15.5. The third-order valence-electron chi connectivity index (χ3n) is 19.4. The molecule has 2 aliphatic rings. The first-order valence-corrected chi connectivity index (χ1v) is 34.7. The van der Waals surface area contributed by atoms with Crippen LogP contribution in [0.5, 0.6) is 11.5 Å². The fourth-order valence-electron chi connectivity index (χ4n) is 13.0. The van der Waals surface area contributed by atoms with Gasteiger partial charge < -0.3 is 92.9 Å². The Morgan fingerprint density at radius 1 is 0.585 bits per heavy atom. The quantitative estimate of drug-likeness (QED) is 0.0543. The molecule has 10 atom stereocenters. The number of rotatable bonds is 18. The second-order valence-electron chi connectivity index (χ2n) is 26.8. The van der Waals surface area contributed by atoms with Gasteiger partial charge in [-0.05, 0) is 114 Å². The Hall–Kier alpha value is -11.7. The number of hydrogen-bond acceptors (Lipinski definition) is 16. The minimum atomic E-state index is -1.85. The van der Waals surface area contributed by atoms with Crippen molar-refractivity contribution in [3.63, 3.8) is 0 Å². The number of phenols is 2. The monoisotopic (exact) mass is 1460 g/mol. The van der Waals surface area contributed by atoms with Gasteiger partial charge in [-0.15, -0.1) is 0 Å². The maximum absolute atomic E-state index is 15.5. The molecule has 0 unspecified atom stereocenters. The average molecular weight is 1460 g/mol. The number of aromatic hydroxyl groups is 2. The predicted octanol–water partition coefficient (Wildman–Crippen LogP) is 0.129. The largest absolute Gasteiger partial charge is 0.508 e. The molecule has 3 heterocycles. The molecule has 12 amide bonds. The fraction of sp³-hybridized carbons (Fsp3) is 0.387. The highest BCUT2D eigenvalue weighted by Gasteiger charge is 2.45. The molecule has 0 spiro atoms. The number of carbonyl (C=O) groups is 12. The first-order valence-electron chi connectivity index (χ1n) is 34.7. The van der Waals surface area contributed by atoms with Gasteiger partial charge in [-0.3, -0.25) is 57.5 Å². The molecule has 1 aliphatic heterocycles. The van der Waals surface area contributed by atoms with Crippen LogP contribution in [0.25, 0.3) is 21.8 Å². The van der Waals surface area contributed by atoms with Crippen LogP contribution >= 0.6 is 0 Å². The summed E-state index contributed by atoms with van der Waals surface area (Å²) in [7, 11) is 4.86. The molecule has 31 heteroatoms. The summed E-state index contributed by atoms with van der Waals surface area (Å²) in [5, 5.41) is 62.6. The minimum Gasteiger partial charge on any atom is -0.508 e. The zero-order valence-electron chi connectivity index (χ0n) is 59.2. The molecule has 2 fully saturated rings. The van der Waals surface area contributed by atoms with Gasteiger partial charge in [0.1, 0.15) is 77.7 Å². The predicted molar refractivity (Wildman–Crippen MR) is 384 cm³/mol. The van der Waals surface area contributed by atoms with Crippen LogP contribution in [0.4, 0.5) is 4.39 Å². The van der Waals surface area contributed by atoms with Crippen molar-refractivity contribution in [2.45, 2.75) is 132 Å². The van der Waals surface area contributed by atoms with Crippen molar-refractivity contribution in [3.8, 4) is 11.5 Å². The summed E-state index contributed by atoms with van der Waals surface area (Å²) in [5.41, 5.74) is 9.43. The lowest BCUT2D eigenvalue weighted by molar-refractivity contribution is -0.150. The first-order chi connectivity index (χ1) is 50.6. The molecular formula is C75H89FN14O16. The van der Waals surface area contributed by atoms with Crippen molar-refractivity contribution in [1.82, 2.24) is 66.8 Å². The molecule has 1 saturated heterocycles. The summed E-state index contributed by atoms with van der Waals surface area (Å²) >= 11 is 0. The van der Waals surface area contributed by atoms with E-state index in [2.05, 4.69) is 47.2 Å². The molecule has 1 saturated carbocycles. The number of primary amides is 1. The molecule has 562 valence electrons. The number of amides is 12. The number of carbonyl (C=O) groups excluding carboxylic acids is 12. The van der Waals surface area contributed by atoms with Gasteiger partial charge in [-0.2, -0.15) is 0 Å². The smallest absolute Gasteiger partial charge is 0.247 e. The Labute approximate surface area is 609 Å². The molecule has 0 radical (unpaired) electrons. The van der Waals surface area contributed by atoms with E-state index in [4.69, 9.17) is 5.73 Å². The number of fused-ring (bicyclic) bond motifs is 2. The lowest BCUT2D eigenvalue weighted by atomic mass is 10.00. The van der Waals surface area contributed by atoms with Crippen molar-refractivity contribution < 1.29 is 82.4 Å². The molecule has 5 aromatic carbocycles. The molecule has 7 aromatic rings. The number of aliphatic hydroxyl groups excluding tert-OH is 2. The normalized spacial score (nSPS) is 22.3. The number of likely N-dealkylation sites (N-methyl/N-ethyl adjacent to an activating group) is 4. The molecule has 1 aliphatic carbocycles. The van der Waals surface area contributed by atoms with E-state index >= 15 is 28.8 Å². The van der Waals surface area contributed by atoms with E-state index in [9.17, 15) is 53.6 Å². The van der Waals surface area contributed by atoms with Crippen LogP contribution in [-0.2, 0) is 89.6 Å². The summed E-state index contributed by atoms with van der Waals surface area (Å²) in [6, 6.07) is 14.5. The average Bonchev–Trinajstić information content (AvgIpc) is 1.35. The van der Waals surface area contributed by atoms with Crippen LogP contribution in [-0.4, -0.2) is 229 Å². The number of halogens is 1. The lowest BCUT2D eigenvalue weighted by Gasteiger charge is -2.36. The Bertz CT molecular complexity index is 4360. The number of aliphatic hydroxyl groups is 2. The number of nitrogens with two attached hydrogens (primary N) is 1. The van der Waals surface area contributed by atoms with Gasteiger partial charge in [0.15, 0.2) is 0 Å². The zero-order valence-corrected chi connectivity index (χ0v) is 59.2. The van der Waals surface area contributed by atoms with Crippen molar-refractivity contribution in [3.05, 3.63) is 167 Å². The Morgan fingerprint density at radius 3 is 1.76 bits per heavy atom. The Balaban J connectivity index is 1.13. The third-order valence-corrected chi connectivity index (χ3v) is 19.4. The number of nitrogens with one attached hydrogen (secondary N) is 9. The summed E-state index contributed by atoms with van der Waals surface area (Å²) in [4.78, 5) is 186. The number of para-hydroxylation sites is 1. The van der Waals surface area contributed by atoms with E-state index in [0.29, 0.717) is 62.5 Å². The van der Waals surface area contributed by atoms with E-state index < -0.39 is 176 Å².